The second kappa shape index (κ2) is 5.40. The summed E-state index contributed by atoms with van der Waals surface area (Å²) in [7, 11) is 1.21. The minimum atomic E-state index is -0.722. The van der Waals surface area contributed by atoms with Crippen LogP contribution in [0.25, 0.3) is 11.2 Å². The monoisotopic (exact) mass is 301 g/mol. The molecule has 0 aliphatic heterocycles. The van der Waals surface area contributed by atoms with Crippen molar-refractivity contribution in [3.05, 3.63) is 46.8 Å². The molecule has 0 bridgehead atoms. The number of carbonyl (C=O) groups excluding carboxylic acids is 1. The third-order valence-electron chi connectivity index (χ3n) is 3.23. The highest BCUT2D eigenvalue weighted by molar-refractivity contribution is 5.89. The number of ether oxygens (including phenoxy) is 1. The van der Waals surface area contributed by atoms with E-state index in [0.29, 0.717) is 23.4 Å². The van der Waals surface area contributed by atoms with Crippen molar-refractivity contribution in [2.24, 2.45) is 0 Å². The summed E-state index contributed by atoms with van der Waals surface area (Å²) in [6.45, 7) is 0. The molecule has 0 aliphatic carbocycles. The highest BCUT2D eigenvalue weighted by atomic mass is 19.1. The maximum Gasteiger partial charge on any atom is 0.340 e. The normalized spacial score (nSPS) is 10.8. The maximum atomic E-state index is 13.7. The number of nitrogens with zero attached hydrogens (tertiary/aromatic N) is 3. The van der Waals surface area contributed by atoms with Crippen LogP contribution in [0.1, 0.15) is 21.5 Å². The number of nitrogens with two attached hydrogens (primary N) is 1. The van der Waals surface area contributed by atoms with Crippen LogP contribution in [0.15, 0.2) is 24.3 Å². The Labute approximate surface area is 124 Å². The molecular weight excluding hydrogens is 289 g/mol. The molecule has 3 rings (SSSR count). The van der Waals surface area contributed by atoms with E-state index < -0.39 is 11.8 Å². The van der Waals surface area contributed by atoms with Crippen LogP contribution >= 0.6 is 0 Å². The van der Waals surface area contributed by atoms with Gasteiger partial charge in [0.2, 0.25) is 0 Å². The van der Waals surface area contributed by atoms with Crippen LogP contribution in [-0.2, 0) is 11.2 Å². The molecule has 8 heteroatoms. The number of aromatic amines is 1. The summed E-state index contributed by atoms with van der Waals surface area (Å²) in [5.74, 6) is -1.03. The quantitative estimate of drug-likeness (QED) is 0.709. The van der Waals surface area contributed by atoms with Gasteiger partial charge in [0.1, 0.15) is 17.2 Å². The number of carbonyl (C=O) groups is 1. The highest BCUT2D eigenvalue weighted by Gasteiger charge is 2.14. The fourth-order valence-corrected chi connectivity index (χ4v) is 2.23. The van der Waals surface area contributed by atoms with Gasteiger partial charge >= 0.3 is 5.97 Å². The Hall–Kier alpha value is -3.03. The molecule has 2 heterocycles. The first-order chi connectivity index (χ1) is 10.6. The number of aromatic nitrogens is 4. The number of halogens is 1. The molecule has 0 spiro atoms. The van der Waals surface area contributed by atoms with Gasteiger partial charge in [-0.1, -0.05) is 11.3 Å². The summed E-state index contributed by atoms with van der Waals surface area (Å²) in [5, 5.41) is 10.3. The van der Waals surface area contributed by atoms with Crippen LogP contribution < -0.4 is 5.73 Å². The Balaban J connectivity index is 2.02. The Morgan fingerprint density at radius 1 is 1.41 bits per heavy atom. The summed E-state index contributed by atoms with van der Waals surface area (Å²) in [4.78, 5) is 15.6. The molecule has 2 aromatic heterocycles. The Bertz CT molecular complexity index is 862. The van der Waals surface area contributed by atoms with Gasteiger partial charge in [-0.25, -0.2) is 19.3 Å². The Morgan fingerprint density at radius 2 is 2.23 bits per heavy atom. The van der Waals surface area contributed by atoms with E-state index in [1.54, 1.807) is 12.1 Å². The number of methoxy groups -OCH3 is 1. The summed E-state index contributed by atoms with van der Waals surface area (Å²) in [5.41, 5.74) is 8.18. The molecule has 0 aliphatic rings. The van der Waals surface area contributed by atoms with E-state index in [0.717, 1.165) is 11.1 Å². The predicted molar refractivity (Wildman–Crippen MR) is 76.6 cm³/mol. The summed E-state index contributed by atoms with van der Waals surface area (Å²) in [6.07, 6.45) is 0.403. The van der Waals surface area contributed by atoms with Crippen molar-refractivity contribution in [2.45, 2.75) is 6.42 Å². The number of rotatable bonds is 3. The number of anilines is 1. The number of nitrogens with one attached hydrogen (secondary N) is 1. The summed E-state index contributed by atoms with van der Waals surface area (Å²) in [6, 6.07) is 5.94. The van der Waals surface area contributed by atoms with E-state index in [-0.39, 0.29) is 5.56 Å². The van der Waals surface area contributed by atoms with E-state index in [1.165, 1.54) is 19.2 Å². The molecule has 22 heavy (non-hydrogen) atoms. The van der Waals surface area contributed by atoms with Crippen molar-refractivity contribution >= 4 is 23.0 Å². The van der Waals surface area contributed by atoms with Crippen molar-refractivity contribution in [3.8, 4) is 0 Å². The van der Waals surface area contributed by atoms with Crippen LogP contribution in [0.5, 0.6) is 0 Å². The minimum absolute atomic E-state index is 0.113. The molecule has 0 saturated carbocycles. The molecule has 0 amide bonds. The van der Waals surface area contributed by atoms with E-state index in [1.807, 2.05) is 0 Å². The van der Waals surface area contributed by atoms with Gasteiger partial charge in [-0.2, -0.15) is 0 Å². The van der Waals surface area contributed by atoms with Crippen LogP contribution in [0.2, 0.25) is 0 Å². The second-order valence-corrected chi connectivity index (χ2v) is 4.70. The van der Waals surface area contributed by atoms with Gasteiger partial charge in [-0.15, -0.1) is 5.10 Å². The SMILES string of the molecule is COC(=O)c1cc(Cc2cc(N)nc3[nH]nnc23)ccc1F. The van der Waals surface area contributed by atoms with Crippen LogP contribution in [0.3, 0.4) is 0 Å². The Morgan fingerprint density at radius 3 is 3.00 bits per heavy atom. The van der Waals surface area contributed by atoms with Crippen molar-refractivity contribution in [1.29, 1.82) is 0 Å². The first kappa shape index (κ1) is 13.9. The van der Waals surface area contributed by atoms with Crippen molar-refractivity contribution in [3.63, 3.8) is 0 Å². The van der Waals surface area contributed by atoms with Crippen molar-refractivity contribution in [2.75, 3.05) is 12.8 Å². The van der Waals surface area contributed by atoms with E-state index in [2.05, 4.69) is 25.1 Å². The predicted octanol–water partition coefficient (Wildman–Crippen LogP) is 1.45. The first-order valence-corrected chi connectivity index (χ1v) is 6.41. The fraction of sp³-hybridized carbons (Fsp3) is 0.143. The maximum absolute atomic E-state index is 13.7. The lowest BCUT2D eigenvalue weighted by Crippen LogP contribution is -2.05. The molecule has 0 unspecified atom stereocenters. The molecule has 0 radical (unpaired) electrons. The van der Waals surface area contributed by atoms with Gasteiger partial charge in [0, 0.05) is 0 Å². The zero-order valence-corrected chi connectivity index (χ0v) is 11.6. The lowest BCUT2D eigenvalue weighted by atomic mass is 10.0. The number of nitrogen functional groups attached to an aromatic ring is 1. The number of hydrogen-bond donors (Lipinski definition) is 2. The lowest BCUT2D eigenvalue weighted by molar-refractivity contribution is 0.0595. The highest BCUT2D eigenvalue weighted by Crippen LogP contribution is 2.20. The minimum Gasteiger partial charge on any atom is -0.465 e. The number of hydrogen-bond acceptors (Lipinski definition) is 6. The van der Waals surface area contributed by atoms with Crippen LogP contribution in [0.4, 0.5) is 10.2 Å². The van der Waals surface area contributed by atoms with Crippen molar-refractivity contribution in [1.82, 2.24) is 20.4 Å². The third kappa shape index (κ3) is 2.46. The molecule has 3 N–H and O–H groups in total. The van der Waals surface area contributed by atoms with Gasteiger partial charge < -0.3 is 10.5 Å². The molecular formula is C14H12FN5O2. The van der Waals surface area contributed by atoms with Gasteiger partial charge in [0.25, 0.3) is 0 Å². The number of esters is 1. The van der Waals surface area contributed by atoms with E-state index in [4.69, 9.17) is 5.73 Å². The number of pyridine rings is 1. The topological polar surface area (TPSA) is 107 Å². The third-order valence-corrected chi connectivity index (χ3v) is 3.23. The molecule has 3 aromatic rings. The first-order valence-electron chi connectivity index (χ1n) is 6.41. The Kier molecular flexibility index (Phi) is 3.42. The van der Waals surface area contributed by atoms with Crippen LogP contribution in [-0.4, -0.2) is 33.5 Å². The average Bonchev–Trinajstić information content (AvgIpc) is 2.96. The summed E-state index contributed by atoms with van der Waals surface area (Å²) < 4.78 is 18.2. The average molecular weight is 301 g/mol. The molecule has 1 aromatic carbocycles. The van der Waals surface area contributed by atoms with E-state index >= 15 is 0 Å². The second-order valence-electron chi connectivity index (χ2n) is 4.70. The smallest absolute Gasteiger partial charge is 0.340 e. The zero-order valence-electron chi connectivity index (χ0n) is 11.6. The van der Waals surface area contributed by atoms with Gasteiger partial charge in [0.05, 0.1) is 12.7 Å². The summed E-state index contributed by atoms with van der Waals surface area (Å²) >= 11 is 0. The molecule has 0 fully saturated rings. The van der Waals surface area contributed by atoms with Gasteiger partial charge in [-0.3, -0.25) is 0 Å². The lowest BCUT2D eigenvalue weighted by Gasteiger charge is -2.07. The van der Waals surface area contributed by atoms with E-state index in [9.17, 15) is 9.18 Å². The molecule has 0 saturated heterocycles. The molecule has 112 valence electrons. The number of fused-ring (bicyclic) bond motifs is 1. The van der Waals surface area contributed by atoms with Gasteiger partial charge in [0.15, 0.2) is 5.65 Å². The van der Waals surface area contributed by atoms with Crippen LogP contribution in [0, 0.1) is 5.82 Å². The fourth-order valence-electron chi connectivity index (χ4n) is 2.23. The number of benzene rings is 1. The molecule has 7 nitrogen and oxygen atoms in total. The van der Waals surface area contributed by atoms with Crippen molar-refractivity contribution < 1.29 is 13.9 Å². The largest absolute Gasteiger partial charge is 0.465 e. The van der Waals surface area contributed by atoms with Gasteiger partial charge in [-0.05, 0) is 35.7 Å². The molecule has 0 atom stereocenters. The standard InChI is InChI=1S/C14H12FN5O2/c1-22-14(21)9-5-7(2-3-10(9)15)4-8-6-11(16)17-13-12(8)18-20-19-13/h2-3,5-6H,4H2,1H3,(H3,16,17,18,19,20). The zero-order chi connectivity index (χ0) is 15.7. The number of H-pyrrole nitrogens is 1.